The van der Waals surface area contributed by atoms with Crippen LogP contribution in [-0.2, 0) is 6.54 Å². The fraction of sp³-hybridized carbons (Fsp3) is 0.417. The zero-order valence-corrected chi connectivity index (χ0v) is 10.6. The van der Waals surface area contributed by atoms with Crippen molar-refractivity contribution < 1.29 is 4.42 Å². The molecule has 96 valence electrons. The number of aromatic nitrogens is 3. The molecule has 18 heavy (non-hydrogen) atoms. The third-order valence-electron chi connectivity index (χ3n) is 2.57. The number of hydrogen-bond donors (Lipinski definition) is 2. The molecule has 1 atom stereocenters. The maximum Gasteiger partial charge on any atom is 0.245 e. The average Bonchev–Trinajstić information content (AvgIpc) is 2.90. The first-order valence-electron chi connectivity index (χ1n) is 6.00. The lowest BCUT2D eigenvalue weighted by molar-refractivity contribution is 0.517. The van der Waals surface area contributed by atoms with E-state index in [1.807, 2.05) is 12.1 Å². The second-order valence-corrected chi connectivity index (χ2v) is 4.05. The maximum absolute atomic E-state index is 5.21. The molecule has 2 N–H and O–H groups in total. The summed E-state index contributed by atoms with van der Waals surface area (Å²) in [5, 5.41) is 14.1. The number of rotatable bonds is 6. The largest absolute Gasteiger partial charge is 0.467 e. The minimum absolute atomic E-state index is 0.361. The Morgan fingerprint density at radius 1 is 1.44 bits per heavy atom. The van der Waals surface area contributed by atoms with E-state index in [0.717, 1.165) is 18.0 Å². The Morgan fingerprint density at radius 2 is 2.33 bits per heavy atom. The molecule has 0 saturated carbocycles. The minimum Gasteiger partial charge on any atom is -0.467 e. The Morgan fingerprint density at radius 3 is 3.06 bits per heavy atom. The van der Waals surface area contributed by atoms with Gasteiger partial charge in [-0.25, -0.2) is 0 Å². The third kappa shape index (κ3) is 3.44. The molecular weight excluding hydrogens is 230 g/mol. The molecule has 1 unspecified atom stereocenters. The van der Waals surface area contributed by atoms with Gasteiger partial charge in [0.1, 0.15) is 5.76 Å². The van der Waals surface area contributed by atoms with Crippen molar-refractivity contribution in [3.05, 3.63) is 30.4 Å². The van der Waals surface area contributed by atoms with Crippen LogP contribution >= 0.6 is 0 Å². The van der Waals surface area contributed by atoms with Crippen LogP contribution in [0.1, 0.15) is 26.0 Å². The monoisotopic (exact) mass is 247 g/mol. The molecule has 0 fully saturated rings. The van der Waals surface area contributed by atoms with Gasteiger partial charge >= 0.3 is 0 Å². The van der Waals surface area contributed by atoms with E-state index in [9.17, 15) is 0 Å². The molecular formula is C12H17N5O. The summed E-state index contributed by atoms with van der Waals surface area (Å²) in [6.07, 6.45) is 4.28. The first-order chi connectivity index (χ1) is 8.78. The topological polar surface area (TPSA) is 75.9 Å². The molecule has 6 heteroatoms. The lowest BCUT2D eigenvalue weighted by Gasteiger charge is -2.11. The number of hydrogen-bond acceptors (Lipinski definition) is 6. The highest BCUT2D eigenvalue weighted by molar-refractivity contribution is 5.37. The van der Waals surface area contributed by atoms with E-state index in [4.69, 9.17) is 4.42 Å². The van der Waals surface area contributed by atoms with Gasteiger partial charge < -0.3 is 15.1 Å². The fourth-order valence-electron chi connectivity index (χ4n) is 1.38. The zero-order chi connectivity index (χ0) is 12.8. The Balaban J connectivity index is 1.94. The van der Waals surface area contributed by atoms with Gasteiger partial charge in [-0.2, -0.15) is 10.1 Å². The first kappa shape index (κ1) is 12.3. The molecule has 2 rings (SSSR count). The molecule has 2 aromatic rings. The van der Waals surface area contributed by atoms with Crippen LogP contribution in [0.2, 0.25) is 0 Å². The summed E-state index contributed by atoms with van der Waals surface area (Å²) in [5.74, 6) is 2.04. The average molecular weight is 247 g/mol. The second-order valence-electron chi connectivity index (χ2n) is 4.05. The first-order valence-corrected chi connectivity index (χ1v) is 6.00. The van der Waals surface area contributed by atoms with Crippen molar-refractivity contribution in [2.75, 3.05) is 10.6 Å². The lowest BCUT2D eigenvalue weighted by atomic mass is 10.3. The van der Waals surface area contributed by atoms with Gasteiger partial charge in [-0.1, -0.05) is 6.92 Å². The van der Waals surface area contributed by atoms with Gasteiger partial charge in [-0.15, -0.1) is 5.10 Å². The smallest absolute Gasteiger partial charge is 0.245 e. The summed E-state index contributed by atoms with van der Waals surface area (Å²) in [5.41, 5.74) is 0. The van der Waals surface area contributed by atoms with Gasteiger partial charge in [-0.3, -0.25) is 0 Å². The van der Waals surface area contributed by atoms with E-state index >= 15 is 0 Å². The van der Waals surface area contributed by atoms with Crippen molar-refractivity contribution in [1.29, 1.82) is 0 Å². The molecule has 0 amide bonds. The van der Waals surface area contributed by atoms with Crippen LogP contribution < -0.4 is 10.6 Å². The predicted molar refractivity (Wildman–Crippen MR) is 69.2 cm³/mol. The Hall–Kier alpha value is -2.11. The third-order valence-corrected chi connectivity index (χ3v) is 2.57. The Bertz CT molecular complexity index is 471. The molecule has 0 aliphatic heterocycles. The standard InChI is InChI=1S/C12H17N5O/c1-3-9(2)15-11-8-14-17-12(16-11)13-7-10-5-4-6-18-10/h4-6,8-9H,3,7H2,1-2H3,(H2,13,15,16,17). The molecule has 6 nitrogen and oxygen atoms in total. The van der Waals surface area contributed by atoms with Crippen molar-refractivity contribution in [2.45, 2.75) is 32.9 Å². The highest BCUT2D eigenvalue weighted by Gasteiger charge is 2.04. The molecule has 0 radical (unpaired) electrons. The van der Waals surface area contributed by atoms with Crippen molar-refractivity contribution >= 4 is 11.8 Å². The molecule has 2 heterocycles. The van der Waals surface area contributed by atoms with Crippen LogP contribution in [0.15, 0.2) is 29.0 Å². The predicted octanol–water partition coefficient (Wildman–Crippen LogP) is 2.29. The molecule has 0 aromatic carbocycles. The SMILES string of the molecule is CCC(C)Nc1cnnc(NCc2ccco2)n1. The van der Waals surface area contributed by atoms with Gasteiger partial charge in [0.05, 0.1) is 19.0 Å². The summed E-state index contributed by atoms with van der Waals surface area (Å²) < 4.78 is 5.21. The Kier molecular flexibility index (Phi) is 4.11. The van der Waals surface area contributed by atoms with Crippen molar-refractivity contribution in [1.82, 2.24) is 15.2 Å². The van der Waals surface area contributed by atoms with Crippen molar-refractivity contribution in [3.63, 3.8) is 0 Å². The van der Waals surface area contributed by atoms with Crippen LogP contribution in [-0.4, -0.2) is 21.2 Å². The van der Waals surface area contributed by atoms with Gasteiger partial charge in [0.15, 0.2) is 5.82 Å². The quantitative estimate of drug-likeness (QED) is 0.815. The van der Waals surface area contributed by atoms with Gasteiger partial charge in [-0.05, 0) is 25.5 Å². The molecule has 0 bridgehead atoms. The lowest BCUT2D eigenvalue weighted by Crippen LogP contribution is -2.15. The molecule has 0 aliphatic rings. The van der Waals surface area contributed by atoms with Crippen molar-refractivity contribution in [3.8, 4) is 0 Å². The van der Waals surface area contributed by atoms with E-state index in [1.54, 1.807) is 12.5 Å². The highest BCUT2D eigenvalue weighted by atomic mass is 16.3. The van der Waals surface area contributed by atoms with Gasteiger partial charge in [0, 0.05) is 6.04 Å². The summed E-state index contributed by atoms with van der Waals surface area (Å²) in [6.45, 7) is 4.75. The number of nitrogens with zero attached hydrogens (tertiary/aromatic N) is 3. The van der Waals surface area contributed by atoms with Crippen LogP contribution in [0.4, 0.5) is 11.8 Å². The Labute approximate surface area is 106 Å². The van der Waals surface area contributed by atoms with Gasteiger partial charge in [0.2, 0.25) is 5.95 Å². The number of nitrogens with one attached hydrogen (secondary N) is 2. The van der Waals surface area contributed by atoms with Crippen LogP contribution in [0.3, 0.4) is 0 Å². The number of furan rings is 1. The summed E-state index contributed by atoms with van der Waals surface area (Å²) >= 11 is 0. The van der Waals surface area contributed by atoms with Crippen LogP contribution in [0, 0.1) is 0 Å². The molecule has 0 aliphatic carbocycles. The van der Waals surface area contributed by atoms with E-state index < -0.39 is 0 Å². The number of anilines is 2. The van der Waals surface area contributed by atoms with Crippen LogP contribution in [0.5, 0.6) is 0 Å². The minimum atomic E-state index is 0.361. The van der Waals surface area contributed by atoms with E-state index in [-0.39, 0.29) is 0 Å². The van der Waals surface area contributed by atoms with Crippen LogP contribution in [0.25, 0.3) is 0 Å². The highest BCUT2D eigenvalue weighted by Crippen LogP contribution is 2.08. The fourth-order valence-corrected chi connectivity index (χ4v) is 1.38. The zero-order valence-electron chi connectivity index (χ0n) is 10.6. The van der Waals surface area contributed by atoms with Gasteiger partial charge in [0.25, 0.3) is 0 Å². The normalized spacial score (nSPS) is 12.1. The van der Waals surface area contributed by atoms with E-state index in [2.05, 4.69) is 39.7 Å². The van der Waals surface area contributed by atoms with Crippen molar-refractivity contribution in [2.24, 2.45) is 0 Å². The summed E-state index contributed by atoms with van der Waals surface area (Å²) in [6, 6.07) is 4.10. The second kappa shape index (κ2) is 6.00. The summed E-state index contributed by atoms with van der Waals surface area (Å²) in [4.78, 5) is 4.32. The summed E-state index contributed by atoms with van der Waals surface area (Å²) in [7, 11) is 0. The van der Waals surface area contributed by atoms with E-state index in [1.165, 1.54) is 0 Å². The molecule has 0 saturated heterocycles. The van der Waals surface area contributed by atoms with E-state index in [0.29, 0.717) is 18.5 Å². The molecule has 0 spiro atoms. The molecule has 2 aromatic heterocycles. The maximum atomic E-state index is 5.21.